The molecule has 1 heterocycles. The first-order valence-corrected chi connectivity index (χ1v) is 9.81. The summed E-state index contributed by atoms with van der Waals surface area (Å²) < 4.78 is 2.94. The molecule has 0 spiro atoms. The number of nitro groups is 1. The number of non-ortho nitro benzene ring substituents is 1. The molecule has 3 aromatic rings. The Morgan fingerprint density at radius 2 is 1.97 bits per heavy atom. The van der Waals surface area contributed by atoms with Crippen molar-refractivity contribution in [2.24, 2.45) is 0 Å². The zero-order valence-electron chi connectivity index (χ0n) is 15.8. The fourth-order valence-electron chi connectivity index (χ4n) is 3.17. The summed E-state index contributed by atoms with van der Waals surface area (Å²) in [5, 5.41) is 18.1. The number of para-hydroxylation sites is 1. The number of hydrogen-bond acceptors (Lipinski definition) is 5. The van der Waals surface area contributed by atoms with E-state index >= 15 is 0 Å². The third kappa shape index (κ3) is 3.97. The molecular weight excluding hydrogens is 410 g/mol. The molecule has 9 nitrogen and oxygen atoms in total. The molecular formula is C20H18ClN5O4. The van der Waals surface area contributed by atoms with Gasteiger partial charge in [-0.05, 0) is 31.0 Å². The number of halogens is 1. The number of aromatic nitrogens is 3. The summed E-state index contributed by atoms with van der Waals surface area (Å²) in [4.78, 5) is 35.6. The van der Waals surface area contributed by atoms with Gasteiger partial charge in [-0.2, -0.15) is 5.10 Å². The first-order chi connectivity index (χ1) is 14.5. The molecule has 154 valence electrons. The SMILES string of the molecule is O=C(NCCn1nc(C2CC2)n(-c2ccccc2)c1=O)c1cc([N+](=O)[O-])ccc1Cl. The molecule has 0 aliphatic heterocycles. The van der Waals surface area contributed by atoms with Crippen molar-refractivity contribution < 1.29 is 9.72 Å². The van der Waals surface area contributed by atoms with Crippen LogP contribution in [0.5, 0.6) is 0 Å². The Morgan fingerprint density at radius 1 is 1.23 bits per heavy atom. The minimum Gasteiger partial charge on any atom is -0.350 e. The molecule has 30 heavy (non-hydrogen) atoms. The maximum Gasteiger partial charge on any atom is 0.350 e. The van der Waals surface area contributed by atoms with Crippen LogP contribution in [0, 0.1) is 10.1 Å². The zero-order chi connectivity index (χ0) is 21.3. The third-order valence-corrected chi connectivity index (χ3v) is 5.17. The molecule has 0 atom stereocenters. The number of hydrogen-bond donors (Lipinski definition) is 1. The molecule has 4 rings (SSSR count). The lowest BCUT2D eigenvalue weighted by atomic mass is 10.2. The largest absolute Gasteiger partial charge is 0.350 e. The van der Waals surface area contributed by atoms with Crippen molar-refractivity contribution in [1.82, 2.24) is 19.7 Å². The van der Waals surface area contributed by atoms with Crippen molar-refractivity contribution >= 4 is 23.2 Å². The van der Waals surface area contributed by atoms with Gasteiger partial charge >= 0.3 is 5.69 Å². The molecule has 2 aromatic carbocycles. The highest BCUT2D eigenvalue weighted by atomic mass is 35.5. The van der Waals surface area contributed by atoms with Crippen LogP contribution in [0.15, 0.2) is 53.3 Å². The maximum atomic E-state index is 12.9. The van der Waals surface area contributed by atoms with Crippen molar-refractivity contribution in [2.45, 2.75) is 25.3 Å². The fourth-order valence-corrected chi connectivity index (χ4v) is 3.37. The van der Waals surface area contributed by atoms with Gasteiger partial charge in [0.2, 0.25) is 0 Å². The number of amides is 1. The summed E-state index contributed by atoms with van der Waals surface area (Å²) in [7, 11) is 0. The van der Waals surface area contributed by atoms with E-state index < -0.39 is 10.8 Å². The second-order valence-corrected chi connectivity index (χ2v) is 7.39. The first kappa shape index (κ1) is 19.8. The van der Waals surface area contributed by atoms with Gasteiger partial charge in [0.25, 0.3) is 11.6 Å². The molecule has 0 unspecified atom stereocenters. The molecule has 1 aliphatic carbocycles. The first-order valence-electron chi connectivity index (χ1n) is 9.43. The molecule has 0 saturated heterocycles. The molecule has 1 N–H and O–H groups in total. The van der Waals surface area contributed by atoms with Crippen LogP contribution in [-0.2, 0) is 6.54 Å². The molecule has 10 heteroatoms. The van der Waals surface area contributed by atoms with Crippen molar-refractivity contribution in [3.63, 3.8) is 0 Å². The molecule has 1 aromatic heterocycles. The van der Waals surface area contributed by atoms with Gasteiger partial charge in [-0.25, -0.2) is 14.0 Å². The van der Waals surface area contributed by atoms with Gasteiger partial charge in [0.05, 0.1) is 27.7 Å². The van der Waals surface area contributed by atoms with Crippen LogP contribution in [0.1, 0.15) is 34.9 Å². The Bertz CT molecular complexity index is 1170. The molecule has 0 bridgehead atoms. The number of nitrogens with one attached hydrogen (secondary N) is 1. The predicted octanol–water partition coefficient (Wildman–Crippen LogP) is 2.90. The second-order valence-electron chi connectivity index (χ2n) is 6.99. The lowest BCUT2D eigenvalue weighted by Gasteiger charge is -2.06. The van der Waals surface area contributed by atoms with Crippen molar-refractivity contribution in [2.75, 3.05) is 6.54 Å². The quantitative estimate of drug-likeness (QED) is 0.460. The number of carbonyl (C=O) groups excluding carboxylic acids is 1. The van der Waals surface area contributed by atoms with Gasteiger partial charge in [-0.3, -0.25) is 14.9 Å². The number of nitro benzene ring substituents is 1. The van der Waals surface area contributed by atoms with E-state index in [-0.39, 0.29) is 41.0 Å². The van der Waals surface area contributed by atoms with E-state index in [1.165, 1.54) is 16.8 Å². The highest BCUT2D eigenvalue weighted by Crippen LogP contribution is 2.39. The lowest BCUT2D eigenvalue weighted by Crippen LogP contribution is -2.32. The Morgan fingerprint density at radius 3 is 2.63 bits per heavy atom. The highest BCUT2D eigenvalue weighted by molar-refractivity contribution is 6.33. The molecule has 1 fully saturated rings. The Labute approximate surface area is 176 Å². The normalized spacial score (nSPS) is 13.2. The Balaban J connectivity index is 1.50. The van der Waals surface area contributed by atoms with E-state index in [9.17, 15) is 19.7 Å². The summed E-state index contributed by atoms with van der Waals surface area (Å²) in [6, 6.07) is 13.0. The lowest BCUT2D eigenvalue weighted by molar-refractivity contribution is -0.384. The summed E-state index contributed by atoms with van der Waals surface area (Å²) in [5.41, 5.74) is 0.261. The summed E-state index contributed by atoms with van der Waals surface area (Å²) in [6.45, 7) is 0.282. The topological polar surface area (TPSA) is 112 Å². The smallest absolute Gasteiger partial charge is 0.350 e. The average molecular weight is 428 g/mol. The van der Waals surface area contributed by atoms with Gasteiger partial charge in [0, 0.05) is 24.6 Å². The minimum absolute atomic E-state index is 0.00620. The summed E-state index contributed by atoms with van der Waals surface area (Å²) in [6.07, 6.45) is 1.98. The third-order valence-electron chi connectivity index (χ3n) is 4.84. The van der Waals surface area contributed by atoms with Crippen LogP contribution in [0.2, 0.25) is 5.02 Å². The number of carbonyl (C=O) groups is 1. The minimum atomic E-state index is -0.595. The predicted molar refractivity (Wildman–Crippen MR) is 110 cm³/mol. The highest BCUT2D eigenvalue weighted by Gasteiger charge is 2.31. The van der Waals surface area contributed by atoms with Crippen LogP contribution in [0.4, 0.5) is 5.69 Å². The van der Waals surface area contributed by atoms with Crippen LogP contribution >= 0.6 is 11.6 Å². The number of nitrogens with zero attached hydrogens (tertiary/aromatic N) is 4. The molecule has 1 aliphatic rings. The maximum absolute atomic E-state index is 12.9. The fraction of sp³-hybridized carbons (Fsp3) is 0.250. The zero-order valence-corrected chi connectivity index (χ0v) is 16.6. The van der Waals surface area contributed by atoms with Gasteiger partial charge in [0.1, 0.15) is 5.82 Å². The van der Waals surface area contributed by atoms with Crippen LogP contribution in [-0.4, -0.2) is 31.7 Å². The van der Waals surface area contributed by atoms with E-state index in [4.69, 9.17) is 11.6 Å². The monoisotopic (exact) mass is 427 g/mol. The number of benzene rings is 2. The standard InChI is InChI=1S/C20H18ClN5O4/c21-17-9-8-15(26(29)30)12-16(17)19(27)22-10-11-24-20(28)25(14-4-2-1-3-5-14)18(23-24)13-6-7-13/h1-5,8-9,12-13H,6-7,10-11H2,(H,22,27). The van der Waals surface area contributed by atoms with Gasteiger partial charge in [-0.15, -0.1) is 0 Å². The van der Waals surface area contributed by atoms with E-state index in [1.807, 2.05) is 30.3 Å². The van der Waals surface area contributed by atoms with Crippen molar-refractivity contribution in [3.8, 4) is 5.69 Å². The van der Waals surface area contributed by atoms with Crippen LogP contribution in [0.3, 0.4) is 0 Å². The van der Waals surface area contributed by atoms with Crippen LogP contribution in [0.25, 0.3) is 5.69 Å². The second kappa shape index (κ2) is 8.11. The van der Waals surface area contributed by atoms with Gasteiger partial charge < -0.3 is 5.32 Å². The molecule has 0 radical (unpaired) electrons. The summed E-state index contributed by atoms with van der Waals surface area (Å²) >= 11 is 6.00. The summed E-state index contributed by atoms with van der Waals surface area (Å²) in [5.74, 6) is 0.429. The van der Waals surface area contributed by atoms with E-state index in [2.05, 4.69) is 10.4 Å². The van der Waals surface area contributed by atoms with Crippen LogP contribution < -0.4 is 11.0 Å². The van der Waals surface area contributed by atoms with E-state index in [1.54, 1.807) is 4.57 Å². The Kier molecular flexibility index (Phi) is 5.37. The molecule has 1 amide bonds. The van der Waals surface area contributed by atoms with Crippen molar-refractivity contribution in [3.05, 3.63) is 85.5 Å². The van der Waals surface area contributed by atoms with E-state index in [0.717, 1.165) is 30.4 Å². The van der Waals surface area contributed by atoms with E-state index in [0.29, 0.717) is 0 Å². The van der Waals surface area contributed by atoms with Crippen molar-refractivity contribution in [1.29, 1.82) is 0 Å². The average Bonchev–Trinajstić information content (AvgIpc) is 3.53. The number of rotatable bonds is 7. The van der Waals surface area contributed by atoms with Gasteiger partial charge in [-0.1, -0.05) is 29.8 Å². The van der Waals surface area contributed by atoms with Gasteiger partial charge in [0.15, 0.2) is 0 Å². The molecule has 1 saturated carbocycles. The Hall–Kier alpha value is -3.46.